The fraction of sp³-hybridized carbons (Fsp3) is 0.879. The SMILES string of the molecule is CC1(C)C2CC[C@]3(C)[C@H](C(=O)C=C4[C@H]5C[C@@](C)(C(=O)O)CC[C@]5(C)CC[C@]43C)[C@@]2(C)CC[C@@H]1O.NCCCN. The van der Waals surface area contributed by atoms with E-state index in [0.717, 1.165) is 70.9 Å². The summed E-state index contributed by atoms with van der Waals surface area (Å²) in [6.45, 7) is 17.3. The highest BCUT2D eigenvalue weighted by molar-refractivity contribution is 5.95. The van der Waals surface area contributed by atoms with E-state index < -0.39 is 11.4 Å². The van der Waals surface area contributed by atoms with Crippen molar-refractivity contribution < 1.29 is 19.8 Å². The standard InChI is InChI=1S/C30H46O4.C3H10N2/c1-25(2)21-8-11-30(7)23(28(21,5)10-9-22(25)32)20(31)16-18-19-17-27(4,24(33)34)13-12-26(19,3)14-15-29(18,30)6;4-2-1-3-5/h16,19,21-23,32H,8-15,17H2,1-7H3,(H,33,34);1-5H2/t19-,21?,22+,23-,26-,27+,28+,29-,30-;/m1./s1. The lowest BCUT2D eigenvalue weighted by molar-refractivity contribution is -0.202. The number of allylic oxidation sites excluding steroid dienone is 2. The Hall–Kier alpha value is -1.24. The Kier molecular flexibility index (Phi) is 7.83. The molecule has 1 unspecified atom stereocenters. The summed E-state index contributed by atoms with van der Waals surface area (Å²) in [4.78, 5) is 26.4. The van der Waals surface area contributed by atoms with Crippen LogP contribution in [-0.2, 0) is 9.59 Å². The van der Waals surface area contributed by atoms with Crippen LogP contribution in [0.5, 0.6) is 0 Å². The summed E-state index contributed by atoms with van der Waals surface area (Å²) < 4.78 is 0. The maximum atomic E-state index is 14.2. The van der Waals surface area contributed by atoms with Crippen LogP contribution in [0.4, 0.5) is 0 Å². The average Bonchev–Trinajstić information content (AvgIpc) is 2.85. The predicted molar refractivity (Wildman–Crippen MR) is 156 cm³/mol. The Morgan fingerprint density at radius 1 is 0.923 bits per heavy atom. The number of carbonyl (C=O) groups is 2. The van der Waals surface area contributed by atoms with Crippen LogP contribution in [-0.4, -0.2) is 41.2 Å². The Labute approximate surface area is 236 Å². The molecule has 0 aromatic carbocycles. The topological polar surface area (TPSA) is 127 Å². The number of hydrogen-bond acceptors (Lipinski definition) is 5. The van der Waals surface area contributed by atoms with E-state index in [1.807, 2.05) is 13.0 Å². The minimum absolute atomic E-state index is 0.0296. The molecule has 0 bridgehead atoms. The maximum absolute atomic E-state index is 14.2. The van der Waals surface area contributed by atoms with E-state index in [4.69, 9.17) is 11.5 Å². The number of fused-ring (bicyclic) bond motifs is 7. The van der Waals surface area contributed by atoms with Gasteiger partial charge in [-0.15, -0.1) is 0 Å². The molecule has 5 aliphatic rings. The molecule has 0 aromatic heterocycles. The van der Waals surface area contributed by atoms with Crippen LogP contribution >= 0.6 is 0 Å². The first-order valence-electron chi connectivity index (χ1n) is 15.5. The van der Waals surface area contributed by atoms with E-state index in [9.17, 15) is 19.8 Å². The van der Waals surface area contributed by atoms with Gasteiger partial charge in [0.25, 0.3) is 0 Å². The monoisotopic (exact) mass is 544 g/mol. The first-order chi connectivity index (χ1) is 18.0. The molecule has 0 saturated heterocycles. The van der Waals surface area contributed by atoms with Gasteiger partial charge in [-0.3, -0.25) is 9.59 Å². The number of aliphatic hydroxyl groups is 1. The molecule has 0 spiro atoms. The van der Waals surface area contributed by atoms with Crippen LogP contribution in [0.25, 0.3) is 0 Å². The largest absolute Gasteiger partial charge is 0.481 e. The Morgan fingerprint density at radius 3 is 2.10 bits per heavy atom. The number of hydrogen-bond donors (Lipinski definition) is 4. The summed E-state index contributed by atoms with van der Waals surface area (Å²) in [6, 6.07) is 0. The number of aliphatic carboxylic acids is 1. The molecule has 4 saturated carbocycles. The van der Waals surface area contributed by atoms with Crippen LogP contribution in [0.15, 0.2) is 11.6 Å². The molecule has 39 heavy (non-hydrogen) atoms. The van der Waals surface area contributed by atoms with Crippen molar-refractivity contribution in [2.24, 2.45) is 61.7 Å². The second-order valence-corrected chi connectivity index (χ2v) is 15.9. The molecule has 5 rings (SSSR count). The summed E-state index contributed by atoms with van der Waals surface area (Å²) in [5.41, 5.74) is 10.3. The third-order valence-corrected chi connectivity index (χ3v) is 13.5. The number of ketones is 1. The molecule has 0 aliphatic heterocycles. The number of aliphatic hydroxyl groups excluding tert-OH is 1. The quantitative estimate of drug-likeness (QED) is 0.361. The van der Waals surface area contributed by atoms with Gasteiger partial charge in [0.15, 0.2) is 5.78 Å². The van der Waals surface area contributed by atoms with Crippen molar-refractivity contribution in [1.82, 2.24) is 0 Å². The highest BCUT2D eigenvalue weighted by Crippen LogP contribution is 2.75. The lowest BCUT2D eigenvalue weighted by atomic mass is 9.33. The molecule has 6 nitrogen and oxygen atoms in total. The Bertz CT molecular complexity index is 1020. The van der Waals surface area contributed by atoms with Gasteiger partial charge in [0.1, 0.15) is 0 Å². The molecule has 0 radical (unpaired) electrons. The Morgan fingerprint density at radius 2 is 1.54 bits per heavy atom. The molecular weight excluding hydrogens is 488 g/mol. The summed E-state index contributed by atoms with van der Waals surface area (Å²) in [5, 5.41) is 20.9. The average molecular weight is 545 g/mol. The zero-order valence-electron chi connectivity index (χ0n) is 25.7. The van der Waals surface area contributed by atoms with Gasteiger partial charge in [-0.25, -0.2) is 0 Å². The number of carboxylic acids is 1. The van der Waals surface area contributed by atoms with E-state index >= 15 is 0 Å². The number of rotatable bonds is 3. The molecule has 6 heteroatoms. The third kappa shape index (κ3) is 4.37. The molecule has 0 aromatic rings. The minimum Gasteiger partial charge on any atom is -0.481 e. The van der Waals surface area contributed by atoms with Gasteiger partial charge in [-0.2, -0.15) is 0 Å². The van der Waals surface area contributed by atoms with Crippen LogP contribution < -0.4 is 11.5 Å². The zero-order chi connectivity index (χ0) is 29.2. The van der Waals surface area contributed by atoms with E-state index in [2.05, 4.69) is 41.5 Å². The lowest BCUT2D eigenvalue weighted by Crippen LogP contribution is -2.66. The minimum atomic E-state index is -0.711. The summed E-state index contributed by atoms with van der Waals surface area (Å²) in [6.07, 6.45) is 10.9. The van der Waals surface area contributed by atoms with Crippen molar-refractivity contribution in [2.45, 2.75) is 119 Å². The van der Waals surface area contributed by atoms with Crippen LogP contribution in [0.3, 0.4) is 0 Å². The zero-order valence-corrected chi connectivity index (χ0v) is 25.7. The van der Waals surface area contributed by atoms with Crippen LogP contribution in [0.2, 0.25) is 0 Å². The van der Waals surface area contributed by atoms with Gasteiger partial charge in [-0.1, -0.05) is 47.1 Å². The smallest absolute Gasteiger partial charge is 0.309 e. The molecule has 6 N–H and O–H groups in total. The maximum Gasteiger partial charge on any atom is 0.309 e. The van der Waals surface area contributed by atoms with Gasteiger partial charge in [0.05, 0.1) is 11.5 Å². The van der Waals surface area contributed by atoms with Gasteiger partial charge < -0.3 is 21.7 Å². The van der Waals surface area contributed by atoms with E-state index in [1.165, 1.54) is 5.57 Å². The first kappa shape index (κ1) is 30.7. The van der Waals surface area contributed by atoms with Crippen molar-refractivity contribution in [1.29, 1.82) is 0 Å². The van der Waals surface area contributed by atoms with Crippen molar-refractivity contribution in [3.05, 3.63) is 11.6 Å². The van der Waals surface area contributed by atoms with Gasteiger partial charge in [-0.05, 0) is 129 Å². The summed E-state index contributed by atoms with van der Waals surface area (Å²) in [7, 11) is 0. The molecule has 5 aliphatic carbocycles. The second kappa shape index (κ2) is 9.94. The normalized spacial score (nSPS) is 48.3. The van der Waals surface area contributed by atoms with E-state index in [1.54, 1.807) is 0 Å². The number of carbonyl (C=O) groups excluding carboxylic acids is 1. The van der Waals surface area contributed by atoms with Crippen LogP contribution in [0, 0.1) is 50.2 Å². The highest BCUT2D eigenvalue weighted by atomic mass is 16.4. The molecule has 4 fully saturated rings. The van der Waals surface area contributed by atoms with Gasteiger partial charge in [0, 0.05) is 5.92 Å². The van der Waals surface area contributed by atoms with Gasteiger partial charge >= 0.3 is 5.97 Å². The van der Waals surface area contributed by atoms with Crippen molar-refractivity contribution in [3.63, 3.8) is 0 Å². The second-order valence-electron chi connectivity index (χ2n) is 15.9. The van der Waals surface area contributed by atoms with Crippen molar-refractivity contribution >= 4 is 11.8 Å². The fourth-order valence-corrected chi connectivity index (χ4v) is 10.5. The van der Waals surface area contributed by atoms with Gasteiger partial charge in [0.2, 0.25) is 0 Å². The number of carboxylic acid groups (broad SMARTS) is 1. The molecule has 9 atom stereocenters. The van der Waals surface area contributed by atoms with Crippen molar-refractivity contribution in [2.75, 3.05) is 13.1 Å². The van der Waals surface area contributed by atoms with E-state index in [0.29, 0.717) is 12.3 Å². The predicted octanol–water partition coefficient (Wildman–Crippen LogP) is 5.71. The van der Waals surface area contributed by atoms with Crippen molar-refractivity contribution in [3.8, 4) is 0 Å². The van der Waals surface area contributed by atoms with E-state index in [-0.39, 0.29) is 50.8 Å². The lowest BCUT2D eigenvalue weighted by Gasteiger charge is -2.70. The fourth-order valence-electron chi connectivity index (χ4n) is 10.5. The number of nitrogens with two attached hydrogens (primary N) is 2. The molecule has 0 amide bonds. The molecule has 0 heterocycles. The third-order valence-electron chi connectivity index (χ3n) is 13.5. The summed E-state index contributed by atoms with van der Waals surface area (Å²) >= 11 is 0. The summed E-state index contributed by atoms with van der Waals surface area (Å²) in [5.74, 6) is 0.0603. The first-order valence-corrected chi connectivity index (χ1v) is 15.5. The Balaban J connectivity index is 0.000000648. The molecular formula is C33H56N2O4. The highest BCUT2D eigenvalue weighted by Gasteiger charge is 2.70. The molecule has 222 valence electrons. The van der Waals surface area contributed by atoms with Crippen LogP contribution in [0.1, 0.15) is 113 Å².